The van der Waals surface area contributed by atoms with Crippen molar-refractivity contribution in [2.45, 2.75) is 50.2 Å². The Morgan fingerprint density at radius 1 is 1.28 bits per heavy atom. The number of carbonyl (C=O) groups is 1. The minimum absolute atomic E-state index is 0.0664. The fourth-order valence-electron chi connectivity index (χ4n) is 1.46. The van der Waals surface area contributed by atoms with Gasteiger partial charge in [-0.1, -0.05) is 19.8 Å². The molecule has 0 fully saturated rings. The second-order valence-corrected chi connectivity index (χ2v) is 4.26. The first-order valence-electron chi connectivity index (χ1n) is 6.01. The highest BCUT2D eigenvalue weighted by atomic mass is 16.4. The molecular formula is C11H23NO6. The Morgan fingerprint density at radius 3 is 2.33 bits per heavy atom. The topological polar surface area (TPSA) is 130 Å². The molecule has 0 aliphatic heterocycles. The van der Waals surface area contributed by atoms with Gasteiger partial charge in [0, 0.05) is 0 Å². The van der Waals surface area contributed by atoms with E-state index >= 15 is 0 Å². The lowest BCUT2D eigenvalue weighted by atomic mass is 9.98. The van der Waals surface area contributed by atoms with E-state index in [1.807, 2.05) is 6.92 Å². The molecule has 7 heteroatoms. The van der Waals surface area contributed by atoms with Crippen LogP contribution < -0.4 is 5.32 Å². The molecule has 0 saturated carbocycles. The molecule has 0 aromatic heterocycles. The van der Waals surface area contributed by atoms with E-state index in [0.29, 0.717) is 6.42 Å². The highest BCUT2D eigenvalue weighted by Gasteiger charge is 2.42. The molecule has 0 radical (unpaired) electrons. The Hall–Kier alpha value is -0.570. The van der Waals surface area contributed by atoms with Crippen LogP contribution in [-0.2, 0) is 4.79 Å². The Kier molecular flexibility index (Phi) is 8.25. The third-order valence-electron chi connectivity index (χ3n) is 2.72. The summed E-state index contributed by atoms with van der Waals surface area (Å²) < 4.78 is 0. The summed E-state index contributed by atoms with van der Waals surface area (Å²) in [6.07, 6.45) is -2.80. The van der Waals surface area contributed by atoms with Crippen LogP contribution in [0.25, 0.3) is 0 Å². The van der Waals surface area contributed by atoms with Gasteiger partial charge in [0.2, 0.25) is 5.72 Å². The third-order valence-corrected chi connectivity index (χ3v) is 2.72. The number of carbonyl (C=O) groups excluding carboxylic acids is 1. The Labute approximate surface area is 106 Å². The highest BCUT2D eigenvalue weighted by Crippen LogP contribution is 2.12. The molecule has 0 heterocycles. The fourth-order valence-corrected chi connectivity index (χ4v) is 1.46. The molecular weight excluding hydrogens is 242 g/mol. The summed E-state index contributed by atoms with van der Waals surface area (Å²) in [5, 5.41) is 49.1. The van der Waals surface area contributed by atoms with Crippen molar-refractivity contribution >= 4 is 6.29 Å². The Balaban J connectivity index is 4.46. The van der Waals surface area contributed by atoms with E-state index < -0.39 is 30.6 Å². The predicted molar refractivity (Wildman–Crippen MR) is 63.6 cm³/mol. The molecule has 0 aromatic rings. The normalized spacial score (nSPS) is 19.9. The summed E-state index contributed by atoms with van der Waals surface area (Å²) in [6, 6.07) is 0. The molecule has 108 valence electrons. The summed E-state index contributed by atoms with van der Waals surface area (Å²) >= 11 is 0. The monoisotopic (exact) mass is 265 g/mol. The van der Waals surface area contributed by atoms with Crippen molar-refractivity contribution in [3.05, 3.63) is 0 Å². The molecule has 0 unspecified atom stereocenters. The zero-order valence-electron chi connectivity index (χ0n) is 10.5. The first-order chi connectivity index (χ1) is 8.42. The number of aldehydes is 1. The van der Waals surface area contributed by atoms with Crippen LogP contribution >= 0.6 is 0 Å². The van der Waals surface area contributed by atoms with E-state index in [-0.39, 0.29) is 12.8 Å². The van der Waals surface area contributed by atoms with Crippen LogP contribution in [0.1, 0.15) is 26.2 Å². The van der Waals surface area contributed by atoms with Crippen molar-refractivity contribution in [3.8, 4) is 0 Å². The zero-order valence-corrected chi connectivity index (χ0v) is 10.5. The lowest BCUT2D eigenvalue weighted by Crippen LogP contribution is -2.62. The molecule has 0 bridgehead atoms. The van der Waals surface area contributed by atoms with Crippen LogP contribution in [0.2, 0.25) is 0 Å². The number of nitrogens with one attached hydrogen (secondary N) is 1. The van der Waals surface area contributed by atoms with Crippen LogP contribution in [0.5, 0.6) is 0 Å². The van der Waals surface area contributed by atoms with Crippen LogP contribution in [0.15, 0.2) is 0 Å². The summed E-state index contributed by atoms with van der Waals surface area (Å²) in [4.78, 5) is 10.8. The highest BCUT2D eigenvalue weighted by molar-refractivity contribution is 5.62. The number of hydrogen-bond donors (Lipinski definition) is 6. The van der Waals surface area contributed by atoms with Gasteiger partial charge < -0.3 is 25.5 Å². The second-order valence-electron chi connectivity index (χ2n) is 4.26. The molecule has 7 nitrogen and oxygen atoms in total. The van der Waals surface area contributed by atoms with Crippen molar-refractivity contribution in [3.63, 3.8) is 0 Å². The van der Waals surface area contributed by atoms with E-state index in [0.717, 1.165) is 12.8 Å². The summed E-state index contributed by atoms with van der Waals surface area (Å²) in [5.41, 5.74) is -2.34. The molecule has 0 amide bonds. The Bertz CT molecular complexity index is 240. The van der Waals surface area contributed by atoms with Crippen LogP contribution in [0, 0.1) is 0 Å². The van der Waals surface area contributed by atoms with Crippen molar-refractivity contribution in [1.82, 2.24) is 5.32 Å². The molecule has 4 atom stereocenters. The van der Waals surface area contributed by atoms with Gasteiger partial charge in [-0.2, -0.15) is 0 Å². The van der Waals surface area contributed by atoms with E-state index in [9.17, 15) is 20.1 Å². The Morgan fingerprint density at radius 2 is 1.89 bits per heavy atom. The molecule has 6 N–H and O–H groups in total. The van der Waals surface area contributed by atoms with Gasteiger partial charge in [0.05, 0.1) is 6.61 Å². The molecule has 0 spiro atoms. The number of hydrogen-bond acceptors (Lipinski definition) is 7. The van der Waals surface area contributed by atoms with Gasteiger partial charge in [-0.3, -0.25) is 10.1 Å². The summed E-state index contributed by atoms with van der Waals surface area (Å²) in [5.74, 6) is 0. The third kappa shape index (κ3) is 4.97. The van der Waals surface area contributed by atoms with E-state index in [1.54, 1.807) is 0 Å². The van der Waals surface area contributed by atoms with Gasteiger partial charge in [-0.15, -0.1) is 0 Å². The van der Waals surface area contributed by atoms with E-state index in [2.05, 4.69) is 5.32 Å². The average molecular weight is 265 g/mol. The number of unbranched alkanes of at least 4 members (excludes halogenated alkanes) is 2. The lowest BCUT2D eigenvalue weighted by Gasteiger charge is -2.33. The number of rotatable bonds is 10. The van der Waals surface area contributed by atoms with Crippen molar-refractivity contribution < 1.29 is 30.3 Å². The van der Waals surface area contributed by atoms with E-state index in [4.69, 9.17) is 10.2 Å². The lowest BCUT2D eigenvalue weighted by molar-refractivity contribution is -0.173. The van der Waals surface area contributed by atoms with Gasteiger partial charge in [-0.25, -0.2) is 0 Å². The first kappa shape index (κ1) is 17.4. The minimum atomic E-state index is -2.34. The van der Waals surface area contributed by atoms with Gasteiger partial charge in [-0.05, 0) is 13.0 Å². The van der Waals surface area contributed by atoms with Crippen molar-refractivity contribution in [1.29, 1.82) is 0 Å². The average Bonchev–Trinajstić information content (AvgIpc) is 2.40. The maximum atomic E-state index is 10.8. The number of aliphatic hydroxyl groups is 5. The summed E-state index contributed by atoms with van der Waals surface area (Å²) in [6.45, 7) is 1.48. The van der Waals surface area contributed by atoms with Crippen LogP contribution in [0.4, 0.5) is 0 Å². The maximum absolute atomic E-state index is 10.8. The van der Waals surface area contributed by atoms with Gasteiger partial charge in [0.15, 0.2) is 6.29 Å². The van der Waals surface area contributed by atoms with Gasteiger partial charge in [0.1, 0.15) is 18.3 Å². The van der Waals surface area contributed by atoms with Gasteiger partial charge in [0.25, 0.3) is 0 Å². The smallest absolute Gasteiger partial charge is 0.201 e. The van der Waals surface area contributed by atoms with E-state index in [1.165, 1.54) is 0 Å². The van der Waals surface area contributed by atoms with Crippen LogP contribution in [-0.4, -0.2) is 69.0 Å². The quantitative estimate of drug-likeness (QED) is 0.149. The molecule has 0 aliphatic rings. The van der Waals surface area contributed by atoms with Crippen molar-refractivity contribution in [2.75, 3.05) is 13.2 Å². The largest absolute Gasteiger partial charge is 0.394 e. The standard InChI is InChI=1S/C11H23NO6/c1-2-3-4-5-12-11(18,7-14)10(17)9(16)8(15)6-13/h7-10,12-13,15-18H,2-6H2,1H3/t8-,9-,10+,11+/m1/s1. The van der Waals surface area contributed by atoms with Crippen molar-refractivity contribution in [2.24, 2.45) is 0 Å². The number of aliphatic hydroxyl groups excluding tert-OH is 4. The van der Waals surface area contributed by atoms with Gasteiger partial charge >= 0.3 is 0 Å². The predicted octanol–water partition coefficient (Wildman–Crippen LogP) is -2.27. The molecule has 0 aliphatic carbocycles. The SMILES string of the molecule is CCCCCN[C@](O)(C=O)[C@@H](O)[C@H](O)[C@H](O)CO. The first-order valence-corrected chi connectivity index (χ1v) is 6.01. The second kappa shape index (κ2) is 8.52. The molecule has 0 saturated heterocycles. The maximum Gasteiger partial charge on any atom is 0.201 e. The minimum Gasteiger partial charge on any atom is -0.394 e. The molecule has 18 heavy (non-hydrogen) atoms. The van der Waals surface area contributed by atoms with Crippen LogP contribution in [0.3, 0.4) is 0 Å². The zero-order chi connectivity index (χ0) is 14.2. The molecule has 0 aromatic carbocycles. The molecule has 0 rings (SSSR count). The summed E-state index contributed by atoms with van der Waals surface area (Å²) in [7, 11) is 0. The fraction of sp³-hybridized carbons (Fsp3) is 0.909.